The van der Waals surface area contributed by atoms with Crippen molar-refractivity contribution in [2.45, 2.75) is 13.3 Å². The molecule has 0 saturated heterocycles. The van der Waals surface area contributed by atoms with Gasteiger partial charge in [-0.15, -0.1) is 0 Å². The van der Waals surface area contributed by atoms with Crippen molar-refractivity contribution in [2.24, 2.45) is 0 Å². The van der Waals surface area contributed by atoms with Gasteiger partial charge in [0, 0.05) is 32.1 Å². The van der Waals surface area contributed by atoms with Crippen LogP contribution in [-0.2, 0) is 26.5 Å². The molecule has 0 unspecified atom stereocenters. The van der Waals surface area contributed by atoms with Crippen LogP contribution in [0.4, 0.5) is 0 Å². The molecule has 0 saturated carbocycles. The van der Waals surface area contributed by atoms with Crippen molar-refractivity contribution in [3.63, 3.8) is 0 Å². The summed E-state index contributed by atoms with van der Waals surface area (Å²) in [7, 11) is 0. The Labute approximate surface area is 119 Å². The van der Waals surface area contributed by atoms with Gasteiger partial charge in [0.2, 0.25) is 0 Å². The Kier molecular flexibility index (Phi) is 3.90. The number of hydrogen-bond acceptors (Lipinski definition) is 2. The van der Waals surface area contributed by atoms with Crippen LogP contribution in [0.3, 0.4) is 0 Å². The predicted octanol–water partition coefficient (Wildman–Crippen LogP) is 2.78. The zero-order valence-electron chi connectivity index (χ0n) is 9.92. The van der Waals surface area contributed by atoms with Gasteiger partial charge in [-0.05, 0) is 18.0 Å². The number of pyridine rings is 1. The smallest absolute Gasteiger partial charge is 0.0555 e. The number of imidazole rings is 1. The molecule has 93 valence electrons. The van der Waals surface area contributed by atoms with Gasteiger partial charge in [-0.2, -0.15) is 0 Å². The Bertz CT molecular complexity index is 661. The molecule has 18 heavy (non-hydrogen) atoms. The third kappa shape index (κ3) is 2.22. The molecule has 2 heterocycles. The summed E-state index contributed by atoms with van der Waals surface area (Å²) in [5, 5.41) is 0. The number of nitrogens with zero attached hydrogens (tertiary/aromatic N) is 3. The van der Waals surface area contributed by atoms with E-state index in [0.717, 1.165) is 29.0 Å². The summed E-state index contributed by atoms with van der Waals surface area (Å²) < 4.78 is 1.90. The summed E-state index contributed by atoms with van der Waals surface area (Å²) in [4.78, 5) is 8.82. The normalized spacial score (nSPS) is 10.3. The molecule has 0 N–H and O–H groups in total. The minimum absolute atomic E-state index is 0. The summed E-state index contributed by atoms with van der Waals surface area (Å²) >= 11 is 0. The van der Waals surface area contributed by atoms with E-state index in [4.69, 9.17) is 0 Å². The molecule has 2 aromatic heterocycles. The molecule has 0 spiro atoms. The van der Waals surface area contributed by atoms with Crippen molar-refractivity contribution in [3.05, 3.63) is 54.5 Å². The average molecular weight is 414 g/mol. The van der Waals surface area contributed by atoms with Crippen LogP contribution < -0.4 is 0 Å². The van der Waals surface area contributed by atoms with Gasteiger partial charge < -0.3 is 9.55 Å². The van der Waals surface area contributed by atoms with Crippen LogP contribution in [0.15, 0.2) is 42.5 Å². The molecular formula is C14H12IrN3-. The predicted molar refractivity (Wildman–Crippen MR) is 67.1 cm³/mol. The van der Waals surface area contributed by atoms with Gasteiger partial charge in [0.15, 0.2) is 0 Å². The van der Waals surface area contributed by atoms with E-state index >= 15 is 0 Å². The molecule has 1 radical (unpaired) electrons. The van der Waals surface area contributed by atoms with Gasteiger partial charge in [-0.25, -0.2) is 0 Å². The van der Waals surface area contributed by atoms with Crippen LogP contribution in [0.5, 0.6) is 0 Å². The van der Waals surface area contributed by atoms with E-state index < -0.39 is 0 Å². The first-order chi connectivity index (χ1) is 8.38. The number of benzene rings is 1. The Hall–Kier alpha value is -1.51. The summed E-state index contributed by atoms with van der Waals surface area (Å²) in [6, 6.07) is 14.0. The second-order valence-corrected chi connectivity index (χ2v) is 3.88. The molecule has 0 aliphatic carbocycles. The molecule has 0 atom stereocenters. The monoisotopic (exact) mass is 415 g/mol. The van der Waals surface area contributed by atoms with Crippen molar-refractivity contribution in [2.75, 3.05) is 0 Å². The van der Waals surface area contributed by atoms with Crippen LogP contribution >= 0.6 is 0 Å². The number of rotatable bonds is 2. The molecule has 4 heteroatoms. The zero-order valence-corrected chi connectivity index (χ0v) is 12.3. The van der Waals surface area contributed by atoms with Gasteiger partial charge >= 0.3 is 0 Å². The minimum atomic E-state index is 0. The fraction of sp³-hybridized carbons (Fsp3) is 0.143. The molecular weight excluding hydrogens is 402 g/mol. The van der Waals surface area contributed by atoms with Crippen molar-refractivity contribution in [3.8, 4) is 5.82 Å². The second-order valence-electron chi connectivity index (χ2n) is 3.88. The number of para-hydroxylation sites is 2. The van der Waals surface area contributed by atoms with Crippen molar-refractivity contribution in [1.29, 1.82) is 0 Å². The fourth-order valence-corrected chi connectivity index (χ4v) is 1.87. The molecule has 3 nitrogen and oxygen atoms in total. The van der Waals surface area contributed by atoms with Gasteiger partial charge in [0.25, 0.3) is 0 Å². The van der Waals surface area contributed by atoms with E-state index in [1.165, 1.54) is 0 Å². The standard InChI is InChI=1S/C14H12N3.Ir/c1-2-11-6-5-9-14(16-11)17-10-15-12-7-3-4-8-13(12)17;/h3-9H,2H2,1H3;/q-1;. The minimum Gasteiger partial charge on any atom is -0.411 e. The summed E-state index contributed by atoms with van der Waals surface area (Å²) in [5.41, 5.74) is 3.05. The Balaban J connectivity index is 0.00000120. The Morgan fingerprint density at radius 1 is 1.11 bits per heavy atom. The Morgan fingerprint density at radius 2 is 1.94 bits per heavy atom. The molecule has 0 amide bonds. The third-order valence-corrected chi connectivity index (χ3v) is 2.78. The third-order valence-electron chi connectivity index (χ3n) is 2.78. The largest absolute Gasteiger partial charge is 0.411 e. The number of aromatic nitrogens is 3. The molecule has 0 bridgehead atoms. The summed E-state index contributed by atoms with van der Waals surface area (Å²) in [6.45, 7) is 2.10. The van der Waals surface area contributed by atoms with E-state index in [9.17, 15) is 0 Å². The summed E-state index contributed by atoms with van der Waals surface area (Å²) in [5.74, 6) is 0.873. The van der Waals surface area contributed by atoms with E-state index in [-0.39, 0.29) is 20.1 Å². The van der Waals surface area contributed by atoms with Crippen molar-refractivity contribution in [1.82, 2.24) is 14.5 Å². The van der Waals surface area contributed by atoms with Crippen molar-refractivity contribution >= 4 is 11.0 Å². The first-order valence-corrected chi connectivity index (χ1v) is 5.70. The maximum atomic E-state index is 4.58. The van der Waals surface area contributed by atoms with Crippen molar-refractivity contribution < 1.29 is 20.1 Å². The SMILES string of the molecule is CCc1cccc(-n2[c-]nc3ccccc32)n1.[Ir]. The quantitative estimate of drug-likeness (QED) is 0.604. The molecule has 0 fully saturated rings. The first-order valence-electron chi connectivity index (χ1n) is 5.70. The van der Waals surface area contributed by atoms with E-state index in [1.807, 2.05) is 47.0 Å². The summed E-state index contributed by atoms with van der Waals surface area (Å²) in [6.07, 6.45) is 3.92. The number of aryl methyl sites for hydroxylation is 1. The maximum absolute atomic E-state index is 4.58. The molecule has 0 aliphatic rings. The number of hydrogen-bond donors (Lipinski definition) is 0. The van der Waals surface area contributed by atoms with E-state index in [0.29, 0.717) is 0 Å². The topological polar surface area (TPSA) is 30.7 Å². The first kappa shape index (κ1) is 12.9. The van der Waals surface area contributed by atoms with Crippen LogP contribution in [0.1, 0.15) is 12.6 Å². The molecule has 0 aliphatic heterocycles. The molecule has 3 aromatic rings. The van der Waals surface area contributed by atoms with Gasteiger partial charge in [0.1, 0.15) is 0 Å². The van der Waals surface area contributed by atoms with Crippen LogP contribution in [0.25, 0.3) is 16.9 Å². The number of fused-ring (bicyclic) bond motifs is 1. The van der Waals surface area contributed by atoms with Gasteiger partial charge in [-0.3, -0.25) is 4.98 Å². The molecule has 3 rings (SSSR count). The second kappa shape index (κ2) is 5.42. The van der Waals surface area contributed by atoms with Crippen LogP contribution in [-0.4, -0.2) is 14.5 Å². The van der Waals surface area contributed by atoms with Crippen LogP contribution in [0.2, 0.25) is 0 Å². The zero-order chi connectivity index (χ0) is 11.7. The van der Waals surface area contributed by atoms with E-state index in [1.54, 1.807) is 0 Å². The van der Waals surface area contributed by atoms with Gasteiger partial charge in [0.05, 0.1) is 5.82 Å². The van der Waals surface area contributed by atoms with Gasteiger partial charge in [-0.1, -0.05) is 48.8 Å². The van der Waals surface area contributed by atoms with Crippen LogP contribution in [0, 0.1) is 6.33 Å². The van der Waals surface area contributed by atoms with E-state index in [2.05, 4.69) is 23.2 Å². The fourth-order valence-electron chi connectivity index (χ4n) is 1.87. The average Bonchev–Trinajstić information content (AvgIpc) is 2.82. The Morgan fingerprint density at radius 3 is 2.78 bits per heavy atom. The molecule has 1 aromatic carbocycles. The maximum Gasteiger partial charge on any atom is 0.0555 e.